The molecule has 0 saturated heterocycles. The molecule has 2 heterocycles. The zero-order valence-corrected chi connectivity index (χ0v) is 12.8. The van der Waals surface area contributed by atoms with E-state index in [2.05, 4.69) is 10.3 Å². The highest BCUT2D eigenvalue weighted by Crippen LogP contribution is 2.27. The minimum atomic E-state index is -0.438. The quantitative estimate of drug-likeness (QED) is 0.906. The number of hydrogen-bond acceptors (Lipinski definition) is 6. The van der Waals surface area contributed by atoms with E-state index in [0.717, 1.165) is 17.0 Å². The van der Waals surface area contributed by atoms with Gasteiger partial charge < -0.3 is 9.52 Å². The smallest absolute Gasteiger partial charge is 0.226 e. The van der Waals surface area contributed by atoms with Crippen LogP contribution in [0.4, 0.5) is 0 Å². The van der Waals surface area contributed by atoms with Crippen LogP contribution in [0, 0.1) is 13.8 Å². The van der Waals surface area contributed by atoms with Crippen LogP contribution in [-0.4, -0.2) is 10.1 Å². The monoisotopic (exact) mass is 294 g/mol. The van der Waals surface area contributed by atoms with E-state index in [1.54, 1.807) is 11.3 Å². The molecule has 20 heavy (non-hydrogen) atoms. The molecule has 0 aliphatic carbocycles. The lowest BCUT2D eigenvalue weighted by atomic mass is 10.1. The van der Waals surface area contributed by atoms with Crippen LogP contribution in [0.2, 0.25) is 0 Å². The topological polar surface area (TPSA) is 75.4 Å². The maximum Gasteiger partial charge on any atom is 0.226 e. The highest BCUT2D eigenvalue weighted by Gasteiger charge is 2.24. The molecular weight excluding hydrogens is 276 g/mol. The van der Waals surface area contributed by atoms with Gasteiger partial charge in [-0.25, -0.2) is 4.98 Å². The lowest BCUT2D eigenvalue weighted by Crippen LogP contribution is -2.36. The van der Waals surface area contributed by atoms with Gasteiger partial charge in [0.05, 0.1) is 17.8 Å². The highest BCUT2D eigenvalue weighted by molar-refractivity contribution is 7.11. The Morgan fingerprint density at radius 2 is 2.15 bits per heavy atom. The van der Waals surface area contributed by atoms with Crippen molar-refractivity contribution in [2.75, 3.05) is 0 Å². The number of nitrogens with zero attached hydrogens (tertiary/aromatic N) is 1. The first-order chi connectivity index (χ1) is 9.29. The summed E-state index contributed by atoms with van der Waals surface area (Å²) < 4.78 is 5.17. The molecule has 0 aliphatic heterocycles. The normalized spacial score (nSPS) is 11.8. The number of aromatic hydroxyl groups is 1. The number of thiazole rings is 1. The number of aryl methyl sites for hydroxylation is 2. The van der Waals surface area contributed by atoms with Gasteiger partial charge in [0.15, 0.2) is 5.75 Å². The Morgan fingerprint density at radius 3 is 2.70 bits per heavy atom. The van der Waals surface area contributed by atoms with Crippen LogP contribution in [0.1, 0.15) is 35.2 Å². The molecule has 0 atom stereocenters. The average Bonchev–Trinajstić information content (AvgIpc) is 2.72. The van der Waals surface area contributed by atoms with Crippen molar-refractivity contribution in [2.45, 2.75) is 39.8 Å². The van der Waals surface area contributed by atoms with Gasteiger partial charge in [0.25, 0.3) is 0 Å². The molecular formula is C14H18N2O3S. The zero-order valence-electron chi connectivity index (χ0n) is 12.0. The maximum atomic E-state index is 11.3. The van der Waals surface area contributed by atoms with Gasteiger partial charge in [0.1, 0.15) is 17.0 Å². The van der Waals surface area contributed by atoms with Gasteiger partial charge in [-0.1, -0.05) is 0 Å². The summed E-state index contributed by atoms with van der Waals surface area (Å²) in [6.45, 7) is 8.49. The molecule has 2 aromatic rings. The molecule has 5 nitrogen and oxygen atoms in total. The minimum absolute atomic E-state index is 0.319. The van der Waals surface area contributed by atoms with Crippen LogP contribution in [-0.2, 0) is 12.1 Å². The van der Waals surface area contributed by atoms with E-state index >= 15 is 0 Å². The summed E-state index contributed by atoms with van der Waals surface area (Å²) in [7, 11) is 0. The third-order valence-corrected chi connectivity index (χ3v) is 4.53. The summed E-state index contributed by atoms with van der Waals surface area (Å²) in [5.74, 6) is 0.102. The van der Waals surface area contributed by atoms with Crippen LogP contribution in [0.3, 0.4) is 0 Å². The molecule has 0 bridgehead atoms. The van der Waals surface area contributed by atoms with Gasteiger partial charge in [-0.05, 0) is 27.7 Å². The van der Waals surface area contributed by atoms with Crippen LogP contribution < -0.4 is 10.7 Å². The largest absolute Gasteiger partial charge is 0.502 e. The van der Waals surface area contributed by atoms with Crippen molar-refractivity contribution in [1.29, 1.82) is 0 Å². The molecule has 0 fully saturated rings. The molecule has 0 saturated carbocycles. The fourth-order valence-electron chi connectivity index (χ4n) is 1.66. The van der Waals surface area contributed by atoms with E-state index in [0.29, 0.717) is 12.3 Å². The molecule has 0 amide bonds. The van der Waals surface area contributed by atoms with Crippen molar-refractivity contribution in [3.8, 4) is 5.75 Å². The Kier molecular flexibility index (Phi) is 3.96. The summed E-state index contributed by atoms with van der Waals surface area (Å²) in [5, 5.41) is 13.5. The summed E-state index contributed by atoms with van der Waals surface area (Å²) in [6.07, 6.45) is 1.06. The fourth-order valence-corrected chi connectivity index (χ4v) is 2.65. The summed E-state index contributed by atoms with van der Waals surface area (Å²) in [4.78, 5) is 17.1. The van der Waals surface area contributed by atoms with Crippen molar-refractivity contribution in [2.24, 2.45) is 0 Å². The second kappa shape index (κ2) is 5.38. The van der Waals surface area contributed by atoms with Crippen molar-refractivity contribution < 1.29 is 9.52 Å². The van der Waals surface area contributed by atoms with Gasteiger partial charge in [0.2, 0.25) is 5.43 Å². The van der Waals surface area contributed by atoms with Crippen molar-refractivity contribution in [3.63, 3.8) is 0 Å². The molecule has 2 N–H and O–H groups in total. The van der Waals surface area contributed by atoms with Gasteiger partial charge in [0, 0.05) is 10.9 Å². The highest BCUT2D eigenvalue weighted by atomic mass is 32.1. The third-order valence-electron chi connectivity index (χ3n) is 3.13. The molecule has 2 rings (SSSR count). The van der Waals surface area contributed by atoms with Gasteiger partial charge >= 0.3 is 0 Å². The van der Waals surface area contributed by atoms with Gasteiger partial charge in [-0.3, -0.25) is 10.1 Å². The van der Waals surface area contributed by atoms with Crippen molar-refractivity contribution >= 4 is 11.3 Å². The van der Waals surface area contributed by atoms with E-state index in [4.69, 9.17) is 9.52 Å². The molecule has 0 unspecified atom stereocenters. The van der Waals surface area contributed by atoms with E-state index < -0.39 is 5.43 Å². The minimum Gasteiger partial charge on any atom is -0.502 e. The zero-order chi connectivity index (χ0) is 14.9. The number of nitrogens with one attached hydrogen (secondary N) is 1. The Bertz CT molecular complexity index is 654. The Balaban J connectivity index is 2.12. The average molecular weight is 294 g/mol. The molecule has 6 heteroatoms. The molecule has 108 valence electrons. The Labute approximate surface area is 121 Å². The van der Waals surface area contributed by atoms with Gasteiger partial charge in [-0.15, -0.1) is 11.3 Å². The molecule has 0 spiro atoms. The maximum absolute atomic E-state index is 11.3. The predicted molar refractivity (Wildman–Crippen MR) is 78.1 cm³/mol. The first-order valence-corrected chi connectivity index (χ1v) is 7.11. The van der Waals surface area contributed by atoms with Crippen LogP contribution in [0.15, 0.2) is 21.5 Å². The third kappa shape index (κ3) is 3.08. The fraction of sp³-hybridized carbons (Fsp3) is 0.429. The lowest BCUT2D eigenvalue weighted by Gasteiger charge is -2.23. The van der Waals surface area contributed by atoms with Crippen LogP contribution >= 0.6 is 11.3 Å². The van der Waals surface area contributed by atoms with E-state index in [-0.39, 0.29) is 11.3 Å². The predicted octanol–water partition coefficient (Wildman–Crippen LogP) is 2.44. The molecule has 0 aromatic carbocycles. The number of aromatic nitrogens is 1. The SMILES string of the molecule is Cc1nc(C(C)(C)NCc2cc(=O)c(O)co2)sc1C. The van der Waals surface area contributed by atoms with Crippen molar-refractivity contribution in [1.82, 2.24) is 10.3 Å². The van der Waals surface area contributed by atoms with E-state index in [1.165, 1.54) is 10.9 Å². The molecule has 0 aliphatic rings. The first-order valence-electron chi connectivity index (χ1n) is 6.30. The van der Waals surface area contributed by atoms with E-state index in [1.807, 2.05) is 27.7 Å². The number of hydrogen-bond donors (Lipinski definition) is 2. The first kappa shape index (κ1) is 14.7. The summed E-state index contributed by atoms with van der Waals surface area (Å²) in [5.41, 5.74) is 0.281. The number of rotatable bonds is 4. The lowest BCUT2D eigenvalue weighted by molar-refractivity contribution is 0.355. The Morgan fingerprint density at radius 1 is 1.45 bits per heavy atom. The van der Waals surface area contributed by atoms with Crippen LogP contribution in [0.5, 0.6) is 5.75 Å². The van der Waals surface area contributed by atoms with Crippen LogP contribution in [0.25, 0.3) is 0 Å². The molecule has 2 aromatic heterocycles. The molecule has 0 radical (unpaired) electrons. The summed E-state index contributed by atoms with van der Waals surface area (Å²) >= 11 is 1.66. The van der Waals surface area contributed by atoms with Gasteiger partial charge in [-0.2, -0.15) is 0 Å². The van der Waals surface area contributed by atoms with E-state index in [9.17, 15) is 4.79 Å². The second-order valence-electron chi connectivity index (χ2n) is 5.24. The standard InChI is InChI=1S/C14H18N2O3S/c1-8-9(2)20-13(16-8)14(3,4)15-6-10-5-11(17)12(18)7-19-10/h5,7,15,18H,6H2,1-4H3. The summed E-state index contributed by atoms with van der Waals surface area (Å²) in [6, 6.07) is 1.29. The Hall–Kier alpha value is -1.66. The second-order valence-corrected chi connectivity index (χ2v) is 6.44. The van der Waals surface area contributed by atoms with Crippen molar-refractivity contribution in [3.05, 3.63) is 43.9 Å².